The molecule has 0 fully saturated rings. The minimum atomic E-state index is -0.571. The number of hydrogen-bond acceptors (Lipinski definition) is 3. The SMILES string of the molecule is NC(=O)c1cnc2ccc(O)cn12. The molecule has 0 spiro atoms. The summed E-state index contributed by atoms with van der Waals surface area (Å²) in [4.78, 5) is 14.8. The smallest absolute Gasteiger partial charge is 0.267 e. The average Bonchev–Trinajstić information content (AvgIpc) is 2.46. The summed E-state index contributed by atoms with van der Waals surface area (Å²) in [5.41, 5.74) is 5.92. The van der Waals surface area contributed by atoms with E-state index in [2.05, 4.69) is 4.98 Å². The molecule has 0 saturated carbocycles. The van der Waals surface area contributed by atoms with Gasteiger partial charge in [0.15, 0.2) is 0 Å². The minimum Gasteiger partial charge on any atom is -0.506 e. The number of carbonyl (C=O) groups is 1. The molecule has 0 atom stereocenters. The molecule has 2 heterocycles. The van der Waals surface area contributed by atoms with Crippen LogP contribution in [-0.2, 0) is 0 Å². The van der Waals surface area contributed by atoms with Crippen molar-refractivity contribution in [3.05, 3.63) is 30.2 Å². The number of fused-ring (bicyclic) bond motifs is 1. The highest BCUT2D eigenvalue weighted by molar-refractivity contribution is 5.91. The maximum absolute atomic E-state index is 10.9. The van der Waals surface area contributed by atoms with E-state index in [1.54, 1.807) is 6.07 Å². The zero-order valence-corrected chi connectivity index (χ0v) is 6.64. The van der Waals surface area contributed by atoms with Crippen LogP contribution >= 0.6 is 0 Å². The molecule has 66 valence electrons. The molecule has 0 aliphatic heterocycles. The number of aromatic hydroxyl groups is 1. The summed E-state index contributed by atoms with van der Waals surface area (Å²) < 4.78 is 1.44. The predicted molar refractivity (Wildman–Crippen MR) is 45.4 cm³/mol. The lowest BCUT2D eigenvalue weighted by atomic mass is 10.4. The maximum Gasteiger partial charge on any atom is 0.267 e. The highest BCUT2D eigenvalue weighted by Gasteiger charge is 2.07. The number of imidazole rings is 1. The quantitative estimate of drug-likeness (QED) is 0.650. The lowest BCUT2D eigenvalue weighted by Gasteiger charge is -1.97. The first-order chi connectivity index (χ1) is 6.18. The van der Waals surface area contributed by atoms with Gasteiger partial charge in [-0.1, -0.05) is 0 Å². The largest absolute Gasteiger partial charge is 0.506 e. The predicted octanol–water partition coefficient (Wildman–Crippen LogP) is 0.139. The molecule has 0 aliphatic rings. The molecule has 13 heavy (non-hydrogen) atoms. The van der Waals surface area contributed by atoms with E-state index in [0.717, 1.165) is 0 Å². The van der Waals surface area contributed by atoms with E-state index in [0.29, 0.717) is 5.65 Å². The molecule has 5 nitrogen and oxygen atoms in total. The monoisotopic (exact) mass is 177 g/mol. The van der Waals surface area contributed by atoms with Crippen LogP contribution in [0, 0.1) is 0 Å². The van der Waals surface area contributed by atoms with Crippen LogP contribution in [-0.4, -0.2) is 20.4 Å². The van der Waals surface area contributed by atoms with Crippen molar-refractivity contribution in [3.8, 4) is 5.75 Å². The Morgan fingerprint density at radius 1 is 1.54 bits per heavy atom. The van der Waals surface area contributed by atoms with Crippen molar-refractivity contribution >= 4 is 11.6 Å². The average molecular weight is 177 g/mol. The van der Waals surface area contributed by atoms with Gasteiger partial charge < -0.3 is 10.8 Å². The summed E-state index contributed by atoms with van der Waals surface area (Å²) in [6, 6.07) is 3.09. The van der Waals surface area contributed by atoms with Crippen LogP contribution in [0.5, 0.6) is 5.75 Å². The minimum absolute atomic E-state index is 0.0630. The van der Waals surface area contributed by atoms with Crippen LogP contribution in [0.4, 0.5) is 0 Å². The summed E-state index contributed by atoms with van der Waals surface area (Å²) in [5.74, 6) is -0.508. The molecule has 0 unspecified atom stereocenters. The third kappa shape index (κ3) is 1.10. The molecular weight excluding hydrogens is 170 g/mol. The van der Waals surface area contributed by atoms with Gasteiger partial charge in [0.05, 0.1) is 12.4 Å². The molecule has 5 heteroatoms. The Labute approximate surface area is 73.4 Å². The van der Waals surface area contributed by atoms with Crippen LogP contribution in [0.15, 0.2) is 24.5 Å². The Balaban J connectivity index is 2.79. The fourth-order valence-electron chi connectivity index (χ4n) is 1.15. The lowest BCUT2D eigenvalue weighted by Crippen LogP contribution is -2.13. The van der Waals surface area contributed by atoms with Gasteiger partial charge in [0.2, 0.25) is 0 Å². The summed E-state index contributed by atoms with van der Waals surface area (Å²) in [5, 5.41) is 9.15. The van der Waals surface area contributed by atoms with Gasteiger partial charge in [0.25, 0.3) is 5.91 Å². The highest BCUT2D eigenvalue weighted by Crippen LogP contribution is 2.12. The van der Waals surface area contributed by atoms with Crippen molar-refractivity contribution in [2.75, 3.05) is 0 Å². The number of primary amides is 1. The third-order valence-electron chi connectivity index (χ3n) is 1.74. The van der Waals surface area contributed by atoms with Gasteiger partial charge in [-0.05, 0) is 12.1 Å². The van der Waals surface area contributed by atoms with Gasteiger partial charge in [0.1, 0.15) is 17.1 Å². The number of carbonyl (C=O) groups excluding carboxylic acids is 1. The molecule has 0 aromatic carbocycles. The number of rotatable bonds is 1. The molecule has 0 radical (unpaired) electrons. The van der Waals surface area contributed by atoms with Gasteiger partial charge in [-0.2, -0.15) is 0 Å². The summed E-state index contributed by atoms with van der Waals surface area (Å²) >= 11 is 0. The fourth-order valence-corrected chi connectivity index (χ4v) is 1.15. The second kappa shape index (κ2) is 2.48. The molecule has 2 rings (SSSR count). The van der Waals surface area contributed by atoms with Gasteiger partial charge in [-0.15, -0.1) is 0 Å². The number of amides is 1. The van der Waals surface area contributed by atoms with Crippen LogP contribution < -0.4 is 5.73 Å². The van der Waals surface area contributed by atoms with Crippen molar-refractivity contribution < 1.29 is 9.90 Å². The van der Waals surface area contributed by atoms with Crippen molar-refractivity contribution in [3.63, 3.8) is 0 Å². The Morgan fingerprint density at radius 2 is 2.31 bits per heavy atom. The first-order valence-electron chi connectivity index (χ1n) is 3.64. The molecule has 1 amide bonds. The number of nitrogens with zero attached hydrogens (tertiary/aromatic N) is 2. The molecule has 2 aromatic rings. The Hall–Kier alpha value is -2.04. The van der Waals surface area contributed by atoms with E-state index in [1.165, 1.54) is 22.9 Å². The van der Waals surface area contributed by atoms with Gasteiger partial charge >= 0.3 is 0 Å². The topological polar surface area (TPSA) is 80.6 Å². The van der Waals surface area contributed by atoms with Crippen molar-refractivity contribution in [1.82, 2.24) is 9.38 Å². The lowest BCUT2D eigenvalue weighted by molar-refractivity contribution is 0.0995. The molecule has 0 saturated heterocycles. The summed E-state index contributed by atoms with van der Waals surface area (Å²) in [6.07, 6.45) is 2.76. The molecule has 0 aliphatic carbocycles. The van der Waals surface area contributed by atoms with Crippen LogP contribution in [0.3, 0.4) is 0 Å². The Morgan fingerprint density at radius 3 is 3.00 bits per heavy atom. The standard InChI is InChI=1S/C8H7N3O2/c9-8(13)6-3-10-7-2-1-5(12)4-11(6)7/h1-4,12H,(H2,9,13). The first-order valence-corrected chi connectivity index (χ1v) is 3.64. The summed E-state index contributed by atoms with van der Waals surface area (Å²) in [6.45, 7) is 0. The fraction of sp³-hybridized carbons (Fsp3) is 0. The maximum atomic E-state index is 10.9. The van der Waals surface area contributed by atoms with Gasteiger partial charge in [-0.25, -0.2) is 4.98 Å². The van der Waals surface area contributed by atoms with Gasteiger partial charge in [-0.3, -0.25) is 9.20 Å². The van der Waals surface area contributed by atoms with Crippen molar-refractivity contribution in [2.45, 2.75) is 0 Å². The van der Waals surface area contributed by atoms with E-state index in [4.69, 9.17) is 10.8 Å². The van der Waals surface area contributed by atoms with Gasteiger partial charge in [0, 0.05) is 0 Å². The molecule has 2 aromatic heterocycles. The van der Waals surface area contributed by atoms with Crippen molar-refractivity contribution in [2.24, 2.45) is 5.73 Å². The second-order valence-electron chi connectivity index (χ2n) is 2.62. The molecular formula is C8H7N3O2. The zero-order chi connectivity index (χ0) is 9.42. The van der Waals surface area contributed by atoms with E-state index in [1.807, 2.05) is 0 Å². The molecule has 3 N–H and O–H groups in total. The van der Waals surface area contributed by atoms with Crippen LogP contribution in [0.2, 0.25) is 0 Å². The zero-order valence-electron chi connectivity index (χ0n) is 6.64. The van der Waals surface area contributed by atoms with Crippen LogP contribution in [0.25, 0.3) is 5.65 Å². The third-order valence-corrected chi connectivity index (χ3v) is 1.74. The molecule has 0 bridgehead atoms. The van der Waals surface area contributed by atoms with Crippen LogP contribution in [0.1, 0.15) is 10.5 Å². The number of hydrogen-bond donors (Lipinski definition) is 2. The number of pyridine rings is 1. The highest BCUT2D eigenvalue weighted by atomic mass is 16.3. The van der Waals surface area contributed by atoms with E-state index in [-0.39, 0.29) is 11.4 Å². The van der Waals surface area contributed by atoms with Crippen molar-refractivity contribution in [1.29, 1.82) is 0 Å². The number of nitrogens with two attached hydrogens (primary N) is 1. The normalized spacial score (nSPS) is 10.5. The van der Waals surface area contributed by atoms with E-state index < -0.39 is 5.91 Å². The summed E-state index contributed by atoms with van der Waals surface area (Å²) in [7, 11) is 0. The first kappa shape index (κ1) is 7.60. The Bertz CT molecular complexity index is 475. The number of aromatic nitrogens is 2. The van der Waals surface area contributed by atoms with E-state index in [9.17, 15) is 4.79 Å². The van der Waals surface area contributed by atoms with E-state index >= 15 is 0 Å². The second-order valence-corrected chi connectivity index (χ2v) is 2.62. The Kier molecular flexibility index (Phi) is 1.45.